The zero-order valence-corrected chi connectivity index (χ0v) is 22.0. The number of amides is 1. The Morgan fingerprint density at radius 3 is 2.73 bits per heavy atom. The highest BCUT2D eigenvalue weighted by atomic mass is 35.5. The first-order chi connectivity index (χ1) is 17.5. The molecule has 200 valence electrons. The molecule has 2 aromatic heterocycles. The number of ether oxygens (including phenoxy) is 2. The second-order valence-electron chi connectivity index (χ2n) is 11.7. The SMILES string of the molecule is CC(C)(C)OC(=O)N1C2CC1CN(c1nc(OC[C@@]34CCCN3C[C@H](F)C4)nc3c(F)c(Cl)ncc13)C2. The van der Waals surface area contributed by atoms with Crippen LogP contribution in [0.15, 0.2) is 6.20 Å². The molecule has 2 aromatic rings. The van der Waals surface area contributed by atoms with Gasteiger partial charge in [-0.05, 0) is 46.6 Å². The molecule has 12 heteroatoms. The van der Waals surface area contributed by atoms with Crippen molar-refractivity contribution in [1.29, 1.82) is 0 Å². The average Bonchev–Trinajstić information content (AvgIpc) is 3.34. The van der Waals surface area contributed by atoms with Gasteiger partial charge in [-0.15, -0.1) is 0 Å². The number of hydrogen-bond acceptors (Lipinski definition) is 8. The first kappa shape index (κ1) is 24.8. The van der Waals surface area contributed by atoms with Gasteiger partial charge in [-0.1, -0.05) is 11.6 Å². The van der Waals surface area contributed by atoms with Crippen molar-refractivity contribution in [3.8, 4) is 6.01 Å². The van der Waals surface area contributed by atoms with E-state index in [0.29, 0.717) is 37.3 Å². The molecule has 5 aliphatic rings. The summed E-state index contributed by atoms with van der Waals surface area (Å²) >= 11 is 5.98. The topological polar surface area (TPSA) is 83.9 Å². The summed E-state index contributed by atoms with van der Waals surface area (Å²) in [7, 11) is 0. The molecule has 0 spiro atoms. The van der Waals surface area contributed by atoms with E-state index in [1.165, 1.54) is 6.20 Å². The van der Waals surface area contributed by atoms with E-state index < -0.39 is 17.6 Å². The molecular weight excluding hydrogens is 506 g/mol. The fourth-order valence-corrected chi connectivity index (χ4v) is 6.49. The van der Waals surface area contributed by atoms with Gasteiger partial charge in [0.1, 0.15) is 29.7 Å². The van der Waals surface area contributed by atoms with Gasteiger partial charge in [-0.25, -0.2) is 18.6 Å². The maximum atomic E-state index is 15.1. The highest BCUT2D eigenvalue weighted by Crippen LogP contribution is 2.41. The number of nitrogens with zero attached hydrogens (tertiary/aromatic N) is 6. The minimum absolute atomic E-state index is 0.0236. The Morgan fingerprint density at radius 2 is 2.00 bits per heavy atom. The molecule has 0 aliphatic carbocycles. The van der Waals surface area contributed by atoms with Crippen LogP contribution in [-0.4, -0.2) is 93.0 Å². The predicted octanol–water partition coefficient (Wildman–Crippen LogP) is 3.97. The van der Waals surface area contributed by atoms with Crippen LogP contribution in [0.5, 0.6) is 6.01 Å². The molecule has 1 amide bonds. The molecule has 2 bridgehead atoms. The summed E-state index contributed by atoms with van der Waals surface area (Å²) < 4.78 is 40.9. The number of hydrogen-bond donors (Lipinski definition) is 0. The molecule has 9 nitrogen and oxygen atoms in total. The smallest absolute Gasteiger partial charge is 0.410 e. The van der Waals surface area contributed by atoms with Crippen molar-refractivity contribution in [2.75, 3.05) is 37.7 Å². The highest BCUT2D eigenvalue weighted by Gasteiger charge is 2.50. The molecular formula is C25H31ClF2N6O3. The van der Waals surface area contributed by atoms with Crippen molar-refractivity contribution in [2.45, 2.75) is 75.8 Å². The van der Waals surface area contributed by atoms with Crippen LogP contribution in [0.4, 0.5) is 19.4 Å². The molecule has 7 heterocycles. The zero-order chi connectivity index (χ0) is 26.1. The lowest BCUT2D eigenvalue weighted by Gasteiger charge is -2.56. The Balaban J connectivity index is 1.27. The summed E-state index contributed by atoms with van der Waals surface area (Å²) in [5.41, 5.74) is -0.931. The van der Waals surface area contributed by atoms with Crippen molar-refractivity contribution < 1.29 is 23.0 Å². The molecule has 5 fully saturated rings. The lowest BCUT2D eigenvalue weighted by Crippen LogP contribution is -2.70. The van der Waals surface area contributed by atoms with E-state index >= 15 is 4.39 Å². The molecule has 5 saturated heterocycles. The number of fused-ring (bicyclic) bond motifs is 4. The van der Waals surface area contributed by atoms with Gasteiger partial charge in [-0.3, -0.25) is 9.80 Å². The second kappa shape index (κ2) is 8.76. The van der Waals surface area contributed by atoms with Crippen LogP contribution in [0, 0.1) is 5.82 Å². The molecule has 2 unspecified atom stereocenters. The molecule has 37 heavy (non-hydrogen) atoms. The Morgan fingerprint density at radius 1 is 1.24 bits per heavy atom. The maximum Gasteiger partial charge on any atom is 0.410 e. The summed E-state index contributed by atoms with van der Waals surface area (Å²) in [5.74, 6) is -0.257. The van der Waals surface area contributed by atoms with Crippen LogP contribution in [0.25, 0.3) is 10.9 Å². The van der Waals surface area contributed by atoms with E-state index in [1.807, 2.05) is 25.7 Å². The molecule has 0 saturated carbocycles. The molecule has 7 rings (SSSR count). The molecule has 5 aliphatic heterocycles. The van der Waals surface area contributed by atoms with E-state index in [9.17, 15) is 9.18 Å². The molecule has 0 radical (unpaired) electrons. The number of piperidine rings is 1. The second-order valence-corrected chi connectivity index (χ2v) is 12.0. The van der Waals surface area contributed by atoms with Gasteiger partial charge in [-0.2, -0.15) is 9.97 Å². The number of carbonyl (C=O) groups excluding carboxylic acids is 1. The van der Waals surface area contributed by atoms with E-state index in [-0.39, 0.29) is 47.0 Å². The first-order valence-corrected chi connectivity index (χ1v) is 13.2. The van der Waals surface area contributed by atoms with Crippen molar-refractivity contribution >= 4 is 34.4 Å². The summed E-state index contributed by atoms with van der Waals surface area (Å²) in [4.78, 5) is 31.6. The van der Waals surface area contributed by atoms with Crippen LogP contribution in [0.1, 0.15) is 46.5 Å². The Bertz CT molecular complexity index is 1230. The quantitative estimate of drug-likeness (QED) is 0.543. The molecule has 0 N–H and O–H groups in total. The summed E-state index contributed by atoms with van der Waals surface area (Å²) in [5, 5.41) is 0.141. The molecule has 4 atom stereocenters. The third kappa shape index (κ3) is 4.33. The van der Waals surface area contributed by atoms with E-state index in [1.54, 1.807) is 4.90 Å². The van der Waals surface area contributed by atoms with Crippen LogP contribution >= 0.6 is 11.6 Å². The summed E-state index contributed by atoms with van der Waals surface area (Å²) in [6, 6.07) is -0.0616. The van der Waals surface area contributed by atoms with Gasteiger partial charge >= 0.3 is 12.1 Å². The number of pyridine rings is 1. The fourth-order valence-electron chi connectivity index (χ4n) is 6.35. The lowest BCUT2D eigenvalue weighted by molar-refractivity contribution is -0.0380. The van der Waals surface area contributed by atoms with Crippen molar-refractivity contribution in [2.24, 2.45) is 0 Å². The number of piperazine rings is 1. The number of halogens is 3. The standard InChI is InChI=1S/C25H31ClF2N6O3/c1-24(2,3)37-23(35)34-15-7-16(34)12-32(11-15)21-17-9-29-20(26)18(28)19(17)30-22(31-21)36-13-25-5-4-6-33(25)10-14(27)8-25/h9,14-16H,4-8,10-13H2,1-3H3/t14-,15?,16?,25+/m1/s1. The van der Waals surface area contributed by atoms with Gasteiger partial charge in [0.2, 0.25) is 0 Å². The minimum Gasteiger partial charge on any atom is -0.461 e. The zero-order valence-electron chi connectivity index (χ0n) is 21.2. The average molecular weight is 537 g/mol. The van der Waals surface area contributed by atoms with Crippen LogP contribution < -0.4 is 9.64 Å². The third-order valence-corrected chi connectivity index (χ3v) is 8.19. The predicted molar refractivity (Wildman–Crippen MR) is 133 cm³/mol. The Labute approximate surface area is 219 Å². The van der Waals surface area contributed by atoms with Crippen LogP contribution in [0.2, 0.25) is 5.15 Å². The van der Waals surface area contributed by atoms with Crippen molar-refractivity contribution in [3.05, 3.63) is 17.2 Å². The number of aromatic nitrogens is 3. The summed E-state index contributed by atoms with van der Waals surface area (Å²) in [6.45, 7) is 8.03. The normalized spacial score (nSPS) is 29.4. The van der Waals surface area contributed by atoms with Gasteiger partial charge in [0.25, 0.3) is 0 Å². The summed E-state index contributed by atoms with van der Waals surface area (Å²) in [6.07, 6.45) is 3.36. The number of alkyl halides is 1. The van der Waals surface area contributed by atoms with Crippen molar-refractivity contribution in [1.82, 2.24) is 24.8 Å². The third-order valence-electron chi connectivity index (χ3n) is 7.93. The van der Waals surface area contributed by atoms with Gasteiger partial charge in [0.15, 0.2) is 11.0 Å². The fraction of sp³-hybridized carbons (Fsp3) is 0.680. The van der Waals surface area contributed by atoms with Crippen LogP contribution in [0.3, 0.4) is 0 Å². The Hall–Kier alpha value is -2.53. The van der Waals surface area contributed by atoms with Gasteiger partial charge in [0, 0.05) is 32.3 Å². The van der Waals surface area contributed by atoms with Crippen LogP contribution in [-0.2, 0) is 4.74 Å². The van der Waals surface area contributed by atoms with Crippen molar-refractivity contribution in [3.63, 3.8) is 0 Å². The van der Waals surface area contributed by atoms with Gasteiger partial charge < -0.3 is 14.4 Å². The van der Waals surface area contributed by atoms with Gasteiger partial charge in [0.05, 0.1) is 23.0 Å². The van der Waals surface area contributed by atoms with E-state index in [2.05, 4.69) is 19.9 Å². The number of carbonyl (C=O) groups is 1. The minimum atomic E-state index is -0.882. The lowest BCUT2D eigenvalue weighted by atomic mass is 9.88. The largest absolute Gasteiger partial charge is 0.461 e. The Kier molecular flexibility index (Phi) is 5.87. The first-order valence-electron chi connectivity index (χ1n) is 12.8. The maximum absolute atomic E-state index is 15.1. The number of anilines is 1. The monoisotopic (exact) mass is 536 g/mol. The number of rotatable bonds is 4. The van der Waals surface area contributed by atoms with E-state index in [0.717, 1.165) is 25.8 Å². The highest BCUT2D eigenvalue weighted by molar-refractivity contribution is 6.30. The molecule has 0 aromatic carbocycles. The van der Waals surface area contributed by atoms with E-state index in [4.69, 9.17) is 21.1 Å².